The van der Waals surface area contributed by atoms with Gasteiger partial charge in [0, 0.05) is 22.8 Å². The highest BCUT2D eigenvalue weighted by Crippen LogP contribution is 2.34. The number of carbonyl (C=O) groups is 3. The zero-order valence-electron chi connectivity index (χ0n) is 22.2. The van der Waals surface area contributed by atoms with Gasteiger partial charge in [0.1, 0.15) is 0 Å². The highest BCUT2D eigenvalue weighted by atomic mass is 35.5. The van der Waals surface area contributed by atoms with Crippen LogP contribution < -0.4 is 10.6 Å². The molecule has 1 aliphatic carbocycles. The highest BCUT2D eigenvalue weighted by molar-refractivity contribution is 6.31. The molecule has 0 aliphatic heterocycles. The number of aryl methyl sites for hydroxylation is 1. The Morgan fingerprint density at radius 2 is 1.64 bits per heavy atom. The van der Waals surface area contributed by atoms with Crippen LogP contribution in [0.4, 0.5) is 5.69 Å². The van der Waals surface area contributed by atoms with E-state index in [2.05, 4.69) is 34.9 Å². The molecule has 3 N–H and O–H groups in total. The molecule has 0 spiro atoms. The molecule has 0 aromatic heterocycles. The minimum atomic E-state index is -0.963. The van der Waals surface area contributed by atoms with Gasteiger partial charge in [-0.25, -0.2) is 0 Å². The van der Waals surface area contributed by atoms with E-state index in [4.69, 9.17) is 16.7 Å². The van der Waals surface area contributed by atoms with Gasteiger partial charge in [0.05, 0.1) is 12.3 Å². The van der Waals surface area contributed by atoms with Crippen molar-refractivity contribution in [3.63, 3.8) is 0 Å². The van der Waals surface area contributed by atoms with Crippen molar-refractivity contribution in [2.75, 3.05) is 11.9 Å². The van der Waals surface area contributed by atoms with Gasteiger partial charge < -0.3 is 15.7 Å². The lowest BCUT2D eigenvalue weighted by Crippen LogP contribution is -2.26. The van der Waals surface area contributed by atoms with E-state index >= 15 is 0 Å². The van der Waals surface area contributed by atoms with Crippen molar-refractivity contribution in [2.24, 2.45) is 0 Å². The Kier molecular flexibility index (Phi) is 9.77. The third-order valence-electron chi connectivity index (χ3n) is 7.45. The first-order valence-electron chi connectivity index (χ1n) is 13.6. The fourth-order valence-corrected chi connectivity index (χ4v) is 5.29. The summed E-state index contributed by atoms with van der Waals surface area (Å²) in [5.41, 5.74) is 5.21. The summed E-state index contributed by atoms with van der Waals surface area (Å²) in [6, 6.07) is 21.0. The third kappa shape index (κ3) is 7.93. The number of hydrogen-bond donors (Lipinski definition) is 3. The van der Waals surface area contributed by atoms with Crippen LogP contribution >= 0.6 is 11.6 Å². The Balaban J connectivity index is 1.52. The maximum Gasteiger partial charge on any atom is 0.305 e. The molecule has 39 heavy (non-hydrogen) atoms. The van der Waals surface area contributed by atoms with Crippen LogP contribution in [0.25, 0.3) is 0 Å². The Labute approximate surface area is 234 Å². The summed E-state index contributed by atoms with van der Waals surface area (Å²) in [7, 11) is 0. The van der Waals surface area contributed by atoms with E-state index in [0.29, 0.717) is 28.6 Å². The molecular weight excluding hydrogens is 512 g/mol. The maximum absolute atomic E-state index is 13.6. The smallest absolute Gasteiger partial charge is 0.305 e. The second-order valence-corrected chi connectivity index (χ2v) is 10.7. The van der Waals surface area contributed by atoms with Crippen molar-refractivity contribution in [3.05, 3.63) is 99.6 Å². The molecule has 1 saturated carbocycles. The van der Waals surface area contributed by atoms with Crippen LogP contribution in [-0.2, 0) is 16.0 Å². The SMILES string of the molecule is Cc1ccc(NC(=O)C(Cc2ccc(C(=O)NCCC(=O)O)cc2)c2ccc(C3CCCCC3)cc2)cc1Cl. The molecule has 0 heterocycles. The Bertz CT molecular complexity index is 1300. The van der Waals surface area contributed by atoms with Gasteiger partial charge in [-0.15, -0.1) is 0 Å². The largest absolute Gasteiger partial charge is 0.481 e. The second-order valence-electron chi connectivity index (χ2n) is 10.3. The van der Waals surface area contributed by atoms with Crippen molar-refractivity contribution in [1.82, 2.24) is 5.32 Å². The van der Waals surface area contributed by atoms with Crippen molar-refractivity contribution < 1.29 is 19.5 Å². The summed E-state index contributed by atoms with van der Waals surface area (Å²) in [5, 5.41) is 15.0. The fourth-order valence-electron chi connectivity index (χ4n) is 5.11. The molecule has 4 rings (SSSR count). The van der Waals surface area contributed by atoms with Crippen LogP contribution in [0.1, 0.15) is 83.0 Å². The van der Waals surface area contributed by atoms with Crippen LogP contribution in [0.5, 0.6) is 0 Å². The second kappa shape index (κ2) is 13.4. The number of carboxylic acid groups (broad SMARTS) is 1. The lowest BCUT2D eigenvalue weighted by Gasteiger charge is -2.23. The van der Waals surface area contributed by atoms with E-state index in [0.717, 1.165) is 16.7 Å². The quantitative estimate of drug-likeness (QED) is 0.259. The average Bonchev–Trinajstić information content (AvgIpc) is 2.94. The van der Waals surface area contributed by atoms with E-state index in [1.165, 1.54) is 37.7 Å². The fraction of sp³-hybridized carbons (Fsp3) is 0.344. The molecule has 0 radical (unpaired) electrons. The van der Waals surface area contributed by atoms with E-state index in [9.17, 15) is 14.4 Å². The number of halogens is 1. The van der Waals surface area contributed by atoms with Crippen LogP contribution in [0.3, 0.4) is 0 Å². The minimum Gasteiger partial charge on any atom is -0.481 e. The molecule has 2 amide bonds. The van der Waals surface area contributed by atoms with E-state index < -0.39 is 11.9 Å². The topological polar surface area (TPSA) is 95.5 Å². The number of carbonyl (C=O) groups excluding carboxylic acids is 2. The maximum atomic E-state index is 13.6. The van der Waals surface area contributed by atoms with Gasteiger partial charge in [-0.3, -0.25) is 14.4 Å². The molecule has 3 aromatic carbocycles. The molecule has 1 unspecified atom stereocenters. The zero-order valence-corrected chi connectivity index (χ0v) is 23.0. The van der Waals surface area contributed by atoms with Gasteiger partial charge >= 0.3 is 5.97 Å². The number of carboxylic acids is 1. The Morgan fingerprint density at radius 3 is 2.28 bits per heavy atom. The molecule has 6 nitrogen and oxygen atoms in total. The number of nitrogens with one attached hydrogen (secondary N) is 2. The van der Waals surface area contributed by atoms with Gasteiger partial charge in [-0.2, -0.15) is 0 Å². The molecule has 3 aromatic rings. The van der Waals surface area contributed by atoms with Gasteiger partial charge in [-0.1, -0.05) is 73.3 Å². The van der Waals surface area contributed by atoms with Crippen molar-refractivity contribution in [1.29, 1.82) is 0 Å². The lowest BCUT2D eigenvalue weighted by atomic mass is 9.83. The first-order chi connectivity index (χ1) is 18.8. The molecule has 1 fully saturated rings. The average molecular weight is 547 g/mol. The monoisotopic (exact) mass is 546 g/mol. The van der Waals surface area contributed by atoms with Gasteiger partial charge in [0.2, 0.25) is 5.91 Å². The molecule has 7 heteroatoms. The predicted molar refractivity (Wildman–Crippen MR) is 155 cm³/mol. The van der Waals surface area contributed by atoms with Crippen LogP contribution in [0, 0.1) is 6.92 Å². The molecule has 0 bridgehead atoms. The number of amides is 2. The lowest BCUT2D eigenvalue weighted by molar-refractivity contribution is -0.136. The number of anilines is 1. The Morgan fingerprint density at radius 1 is 0.949 bits per heavy atom. The van der Waals surface area contributed by atoms with Crippen molar-refractivity contribution >= 4 is 35.1 Å². The molecule has 1 aliphatic rings. The van der Waals surface area contributed by atoms with Gasteiger partial charge in [0.25, 0.3) is 5.91 Å². The van der Waals surface area contributed by atoms with E-state index in [-0.39, 0.29) is 24.8 Å². The highest BCUT2D eigenvalue weighted by Gasteiger charge is 2.23. The summed E-state index contributed by atoms with van der Waals surface area (Å²) in [5.74, 6) is -1.28. The normalized spacial score (nSPS) is 14.4. The number of aliphatic carboxylic acids is 1. The standard InChI is InChI=1S/C32H35ClN2O4/c1-21-7-16-27(20-29(21)33)35-32(39)28(25-14-12-24(13-15-25)23-5-3-2-4-6-23)19-22-8-10-26(11-9-22)31(38)34-18-17-30(36)37/h7-16,20,23,28H,2-6,17-19H2,1H3,(H,34,38)(H,35,39)(H,36,37). The van der Waals surface area contributed by atoms with Crippen LogP contribution in [0.2, 0.25) is 5.02 Å². The van der Waals surface area contributed by atoms with Crippen molar-refractivity contribution in [2.45, 2.75) is 63.7 Å². The summed E-state index contributed by atoms with van der Waals surface area (Å²) < 4.78 is 0. The summed E-state index contributed by atoms with van der Waals surface area (Å²) >= 11 is 6.29. The van der Waals surface area contributed by atoms with E-state index in [1.54, 1.807) is 18.2 Å². The summed E-state index contributed by atoms with van der Waals surface area (Å²) in [6.07, 6.45) is 6.60. The number of rotatable bonds is 10. The molecular formula is C32H35ClN2O4. The summed E-state index contributed by atoms with van der Waals surface area (Å²) in [4.78, 5) is 36.6. The van der Waals surface area contributed by atoms with Crippen LogP contribution in [-0.4, -0.2) is 29.4 Å². The minimum absolute atomic E-state index is 0.0675. The van der Waals surface area contributed by atoms with Gasteiger partial charge in [0.15, 0.2) is 0 Å². The zero-order chi connectivity index (χ0) is 27.8. The van der Waals surface area contributed by atoms with Crippen molar-refractivity contribution in [3.8, 4) is 0 Å². The molecule has 1 atom stereocenters. The predicted octanol–water partition coefficient (Wildman–Crippen LogP) is 6.87. The van der Waals surface area contributed by atoms with Crippen LogP contribution in [0.15, 0.2) is 66.7 Å². The first kappa shape index (κ1) is 28.4. The third-order valence-corrected chi connectivity index (χ3v) is 7.86. The Hall–Kier alpha value is -3.64. The van der Waals surface area contributed by atoms with E-state index in [1.807, 2.05) is 31.2 Å². The first-order valence-corrected chi connectivity index (χ1v) is 13.9. The number of benzene rings is 3. The molecule has 0 saturated heterocycles. The molecule has 204 valence electrons. The number of hydrogen-bond acceptors (Lipinski definition) is 3. The summed E-state index contributed by atoms with van der Waals surface area (Å²) in [6.45, 7) is 1.98. The van der Waals surface area contributed by atoms with Gasteiger partial charge in [-0.05, 0) is 78.6 Å².